The second-order valence-electron chi connectivity index (χ2n) is 3.83. The molecule has 2 N–H and O–H groups in total. The molecule has 1 aliphatic carbocycles. The number of nitrogens with two attached hydrogens (primary N) is 1. The molecule has 11 heavy (non-hydrogen) atoms. The molecule has 62 valence electrons. The van der Waals surface area contributed by atoms with Gasteiger partial charge in [-0.25, -0.2) is 0 Å². The van der Waals surface area contributed by atoms with Crippen molar-refractivity contribution in [3.63, 3.8) is 0 Å². The maximum Gasteiger partial charge on any atom is 0.00187 e. The molecule has 0 saturated carbocycles. The number of hydrogen-bond acceptors (Lipinski definition) is 1. The predicted octanol–water partition coefficient (Wildman–Crippen LogP) is 2.25. The quantitative estimate of drug-likeness (QED) is 0.643. The third-order valence-corrected chi connectivity index (χ3v) is 2.12. The maximum absolute atomic E-state index is 5.75. The Morgan fingerprint density at radius 2 is 2.27 bits per heavy atom. The van der Waals surface area contributed by atoms with Crippen LogP contribution in [0.25, 0.3) is 0 Å². The van der Waals surface area contributed by atoms with Gasteiger partial charge in [0.1, 0.15) is 0 Å². The first kappa shape index (κ1) is 8.54. The molecule has 1 aliphatic rings. The molecule has 1 nitrogen and oxygen atoms in total. The fourth-order valence-corrected chi connectivity index (χ4v) is 1.66. The molecule has 1 heteroatoms. The smallest absolute Gasteiger partial charge is 0.00187 e. The van der Waals surface area contributed by atoms with Crippen LogP contribution in [0.15, 0.2) is 24.3 Å². The molecule has 0 amide bonds. The topological polar surface area (TPSA) is 26.0 Å². The SMILES string of the molecule is CC(N)CC1(C)C=CC=CC1. The van der Waals surface area contributed by atoms with Crippen LogP contribution in [0.3, 0.4) is 0 Å². The lowest BCUT2D eigenvalue weighted by Crippen LogP contribution is -2.26. The summed E-state index contributed by atoms with van der Waals surface area (Å²) in [6.45, 7) is 4.33. The molecule has 0 heterocycles. The van der Waals surface area contributed by atoms with E-state index in [1.807, 2.05) is 0 Å². The van der Waals surface area contributed by atoms with Crippen molar-refractivity contribution in [1.82, 2.24) is 0 Å². The second kappa shape index (κ2) is 3.22. The highest BCUT2D eigenvalue weighted by Gasteiger charge is 2.21. The Labute approximate surface area is 69.0 Å². The Bertz CT molecular complexity index is 179. The number of allylic oxidation sites excluding steroid dienone is 4. The normalized spacial score (nSPS) is 32.3. The van der Waals surface area contributed by atoms with E-state index in [2.05, 4.69) is 38.2 Å². The summed E-state index contributed by atoms with van der Waals surface area (Å²) in [6, 6.07) is 0.302. The second-order valence-corrected chi connectivity index (χ2v) is 3.83. The summed E-state index contributed by atoms with van der Waals surface area (Å²) >= 11 is 0. The Morgan fingerprint density at radius 3 is 2.73 bits per heavy atom. The monoisotopic (exact) mass is 151 g/mol. The van der Waals surface area contributed by atoms with E-state index in [9.17, 15) is 0 Å². The van der Waals surface area contributed by atoms with Gasteiger partial charge in [-0.15, -0.1) is 0 Å². The van der Waals surface area contributed by atoms with E-state index in [1.165, 1.54) is 0 Å². The molecular weight excluding hydrogens is 134 g/mol. The van der Waals surface area contributed by atoms with Crippen molar-refractivity contribution in [3.05, 3.63) is 24.3 Å². The largest absolute Gasteiger partial charge is 0.328 e. The highest BCUT2D eigenvalue weighted by molar-refractivity contribution is 5.15. The zero-order chi connectivity index (χ0) is 8.32. The van der Waals surface area contributed by atoms with Gasteiger partial charge in [0, 0.05) is 6.04 Å². The first-order valence-corrected chi connectivity index (χ1v) is 4.22. The lowest BCUT2D eigenvalue weighted by Gasteiger charge is -2.28. The first-order chi connectivity index (χ1) is 5.12. The van der Waals surface area contributed by atoms with E-state index < -0.39 is 0 Å². The Balaban J connectivity index is 2.54. The van der Waals surface area contributed by atoms with Crippen molar-refractivity contribution in [2.75, 3.05) is 0 Å². The van der Waals surface area contributed by atoms with E-state index in [-0.39, 0.29) is 0 Å². The van der Waals surface area contributed by atoms with Gasteiger partial charge in [0.05, 0.1) is 0 Å². The van der Waals surface area contributed by atoms with Gasteiger partial charge in [-0.2, -0.15) is 0 Å². The lowest BCUT2D eigenvalue weighted by atomic mass is 9.79. The van der Waals surface area contributed by atoms with Crippen molar-refractivity contribution >= 4 is 0 Å². The minimum absolute atomic E-state index is 0.302. The summed E-state index contributed by atoms with van der Waals surface area (Å²) in [5.41, 5.74) is 6.06. The van der Waals surface area contributed by atoms with Crippen molar-refractivity contribution in [3.8, 4) is 0 Å². The summed E-state index contributed by atoms with van der Waals surface area (Å²) in [4.78, 5) is 0. The molecule has 0 saturated heterocycles. The zero-order valence-electron chi connectivity index (χ0n) is 7.38. The van der Waals surface area contributed by atoms with Crippen molar-refractivity contribution in [1.29, 1.82) is 0 Å². The van der Waals surface area contributed by atoms with Gasteiger partial charge < -0.3 is 5.73 Å². The molecule has 0 aliphatic heterocycles. The van der Waals surface area contributed by atoms with Crippen molar-refractivity contribution < 1.29 is 0 Å². The van der Waals surface area contributed by atoms with E-state index in [1.54, 1.807) is 0 Å². The van der Waals surface area contributed by atoms with Gasteiger partial charge >= 0.3 is 0 Å². The van der Waals surface area contributed by atoms with Crippen LogP contribution in [0.4, 0.5) is 0 Å². The van der Waals surface area contributed by atoms with Gasteiger partial charge in [0.15, 0.2) is 0 Å². The third-order valence-electron chi connectivity index (χ3n) is 2.12. The summed E-state index contributed by atoms with van der Waals surface area (Å²) < 4.78 is 0. The van der Waals surface area contributed by atoms with E-state index >= 15 is 0 Å². The fraction of sp³-hybridized carbons (Fsp3) is 0.600. The fourth-order valence-electron chi connectivity index (χ4n) is 1.66. The molecule has 2 atom stereocenters. The van der Waals surface area contributed by atoms with E-state index in [0.29, 0.717) is 11.5 Å². The summed E-state index contributed by atoms with van der Waals surface area (Å²) in [5.74, 6) is 0. The van der Waals surface area contributed by atoms with Gasteiger partial charge in [0.25, 0.3) is 0 Å². The van der Waals surface area contributed by atoms with Gasteiger partial charge in [0.2, 0.25) is 0 Å². The molecule has 0 aromatic rings. The molecule has 0 spiro atoms. The molecule has 0 fully saturated rings. The number of rotatable bonds is 2. The lowest BCUT2D eigenvalue weighted by molar-refractivity contribution is 0.363. The number of hydrogen-bond donors (Lipinski definition) is 1. The Morgan fingerprint density at radius 1 is 1.55 bits per heavy atom. The van der Waals surface area contributed by atoms with Crippen LogP contribution in [0, 0.1) is 5.41 Å². The predicted molar refractivity (Wildman–Crippen MR) is 49.3 cm³/mol. The minimum atomic E-state index is 0.302. The van der Waals surface area contributed by atoms with Crippen LogP contribution in [0.1, 0.15) is 26.7 Å². The summed E-state index contributed by atoms with van der Waals surface area (Å²) in [6.07, 6.45) is 10.9. The Hall–Kier alpha value is -0.560. The average molecular weight is 151 g/mol. The Kier molecular flexibility index (Phi) is 2.50. The summed E-state index contributed by atoms with van der Waals surface area (Å²) in [7, 11) is 0. The van der Waals surface area contributed by atoms with Crippen LogP contribution < -0.4 is 5.73 Å². The highest BCUT2D eigenvalue weighted by atomic mass is 14.6. The van der Waals surface area contributed by atoms with Crippen molar-refractivity contribution in [2.45, 2.75) is 32.7 Å². The minimum Gasteiger partial charge on any atom is -0.328 e. The van der Waals surface area contributed by atoms with Gasteiger partial charge in [-0.05, 0) is 25.2 Å². The standard InChI is InChI=1S/C10H17N/c1-9(11)8-10(2)6-4-3-5-7-10/h3-6,9H,7-8,11H2,1-2H3. The highest BCUT2D eigenvalue weighted by Crippen LogP contribution is 2.31. The average Bonchev–Trinajstić information content (AvgIpc) is 1.85. The van der Waals surface area contributed by atoms with Crippen molar-refractivity contribution in [2.24, 2.45) is 11.1 Å². The molecule has 1 rings (SSSR count). The van der Waals surface area contributed by atoms with Crippen LogP contribution in [0.5, 0.6) is 0 Å². The molecular formula is C10H17N. The van der Waals surface area contributed by atoms with Crippen LogP contribution in [-0.2, 0) is 0 Å². The molecule has 0 aromatic heterocycles. The maximum atomic E-state index is 5.75. The van der Waals surface area contributed by atoms with Crippen LogP contribution in [0.2, 0.25) is 0 Å². The van der Waals surface area contributed by atoms with Crippen LogP contribution >= 0.6 is 0 Å². The molecule has 0 bridgehead atoms. The van der Waals surface area contributed by atoms with Crippen LogP contribution in [-0.4, -0.2) is 6.04 Å². The van der Waals surface area contributed by atoms with Gasteiger partial charge in [-0.1, -0.05) is 31.2 Å². The molecule has 0 aromatic carbocycles. The summed E-state index contributed by atoms with van der Waals surface area (Å²) in [5, 5.41) is 0. The van der Waals surface area contributed by atoms with E-state index in [4.69, 9.17) is 5.73 Å². The molecule has 2 unspecified atom stereocenters. The first-order valence-electron chi connectivity index (χ1n) is 4.22. The van der Waals surface area contributed by atoms with Gasteiger partial charge in [-0.3, -0.25) is 0 Å². The third kappa shape index (κ3) is 2.51. The zero-order valence-corrected chi connectivity index (χ0v) is 7.38. The molecule has 0 radical (unpaired) electrons. The van der Waals surface area contributed by atoms with E-state index in [0.717, 1.165) is 12.8 Å².